The number of benzene rings is 1. The summed E-state index contributed by atoms with van der Waals surface area (Å²) in [6.45, 7) is 2.42. The van der Waals surface area contributed by atoms with E-state index in [1.54, 1.807) is 23.9 Å². The molecule has 0 spiro atoms. The van der Waals surface area contributed by atoms with E-state index in [1.165, 1.54) is 12.1 Å². The van der Waals surface area contributed by atoms with Crippen LogP contribution in [0.3, 0.4) is 0 Å². The molecule has 0 heterocycles. The summed E-state index contributed by atoms with van der Waals surface area (Å²) in [5, 5.41) is 9.33. The van der Waals surface area contributed by atoms with Gasteiger partial charge in [0.25, 0.3) is 0 Å². The van der Waals surface area contributed by atoms with Crippen molar-refractivity contribution in [1.82, 2.24) is 4.72 Å². The normalized spacial score (nSPS) is 13.5. The number of hydrogen-bond acceptors (Lipinski definition) is 4. The first-order valence-corrected chi connectivity index (χ1v) is 8.49. The molecule has 6 heteroatoms. The summed E-state index contributed by atoms with van der Waals surface area (Å²) in [5.41, 5.74) is 0.699. The molecule has 1 aromatic rings. The van der Waals surface area contributed by atoms with Crippen LogP contribution in [-0.4, -0.2) is 31.6 Å². The number of aliphatic hydroxyl groups is 1. The van der Waals surface area contributed by atoms with Crippen LogP contribution in [0.25, 0.3) is 0 Å². The van der Waals surface area contributed by atoms with Crippen LogP contribution in [0.2, 0.25) is 0 Å². The molecule has 0 aromatic heterocycles. The van der Waals surface area contributed by atoms with Crippen molar-refractivity contribution >= 4 is 21.8 Å². The minimum atomic E-state index is -3.43. The highest BCUT2D eigenvalue weighted by Gasteiger charge is 2.13. The van der Waals surface area contributed by atoms with E-state index >= 15 is 0 Å². The fourth-order valence-corrected chi connectivity index (χ4v) is 2.77. The molecule has 18 heavy (non-hydrogen) atoms. The van der Waals surface area contributed by atoms with Gasteiger partial charge in [-0.25, -0.2) is 13.1 Å². The van der Waals surface area contributed by atoms with Gasteiger partial charge in [0, 0.05) is 11.8 Å². The van der Waals surface area contributed by atoms with Gasteiger partial charge in [0.15, 0.2) is 0 Å². The zero-order valence-electron chi connectivity index (χ0n) is 10.6. The zero-order valence-corrected chi connectivity index (χ0v) is 12.2. The first kappa shape index (κ1) is 15.5. The first-order valence-electron chi connectivity index (χ1n) is 5.72. The molecular weight excluding hydrogens is 270 g/mol. The van der Waals surface area contributed by atoms with E-state index in [4.69, 9.17) is 5.11 Å². The molecular formula is C12H19NO3S2. The maximum absolute atomic E-state index is 11.9. The highest BCUT2D eigenvalue weighted by molar-refractivity contribution is 7.99. The van der Waals surface area contributed by atoms with Crippen LogP contribution in [0.1, 0.15) is 18.9 Å². The quantitative estimate of drug-likeness (QED) is 0.800. The van der Waals surface area contributed by atoms with Gasteiger partial charge < -0.3 is 5.11 Å². The molecule has 102 valence electrons. The number of rotatable bonds is 7. The molecule has 0 saturated carbocycles. The molecule has 0 saturated heterocycles. The van der Waals surface area contributed by atoms with Crippen molar-refractivity contribution in [1.29, 1.82) is 0 Å². The Morgan fingerprint density at radius 3 is 2.44 bits per heavy atom. The highest BCUT2D eigenvalue weighted by atomic mass is 32.2. The van der Waals surface area contributed by atoms with Crippen LogP contribution in [0.15, 0.2) is 29.2 Å². The Bertz CT molecular complexity index is 457. The summed E-state index contributed by atoms with van der Waals surface area (Å²) < 4.78 is 26.4. The van der Waals surface area contributed by atoms with Gasteiger partial charge in [-0.05, 0) is 30.4 Å². The fraction of sp³-hybridized carbons (Fsp3) is 0.500. The molecule has 0 radical (unpaired) electrons. The second-order valence-corrected chi connectivity index (χ2v) is 7.08. The predicted molar refractivity (Wildman–Crippen MR) is 75.1 cm³/mol. The van der Waals surface area contributed by atoms with Gasteiger partial charge in [0.2, 0.25) is 10.0 Å². The lowest BCUT2D eigenvalue weighted by Gasteiger charge is -2.10. The smallest absolute Gasteiger partial charge is 0.240 e. The zero-order chi connectivity index (χ0) is 13.6. The SMILES string of the molecule is CSC(C)CCNS(=O)(=O)c1ccc(CO)cc1. The van der Waals surface area contributed by atoms with E-state index in [2.05, 4.69) is 11.6 Å². The summed E-state index contributed by atoms with van der Waals surface area (Å²) in [5.74, 6) is 0. The van der Waals surface area contributed by atoms with E-state index in [1.807, 2.05) is 6.26 Å². The Labute approximate surface area is 113 Å². The highest BCUT2D eigenvalue weighted by Crippen LogP contribution is 2.12. The predicted octanol–water partition coefficient (Wildman–Crippen LogP) is 1.60. The van der Waals surface area contributed by atoms with Gasteiger partial charge in [-0.3, -0.25) is 0 Å². The van der Waals surface area contributed by atoms with Gasteiger partial charge in [-0.2, -0.15) is 11.8 Å². The lowest BCUT2D eigenvalue weighted by Crippen LogP contribution is -2.26. The molecule has 2 N–H and O–H groups in total. The van der Waals surface area contributed by atoms with Crippen LogP contribution >= 0.6 is 11.8 Å². The Morgan fingerprint density at radius 2 is 1.94 bits per heavy atom. The molecule has 1 atom stereocenters. The summed E-state index contributed by atoms with van der Waals surface area (Å²) >= 11 is 1.71. The Balaban J connectivity index is 2.62. The summed E-state index contributed by atoms with van der Waals surface area (Å²) in [7, 11) is -3.43. The second-order valence-electron chi connectivity index (χ2n) is 4.03. The third kappa shape index (κ3) is 4.61. The number of aliphatic hydroxyl groups excluding tert-OH is 1. The molecule has 0 aliphatic rings. The van der Waals surface area contributed by atoms with Gasteiger partial charge in [-0.15, -0.1) is 0 Å². The van der Waals surface area contributed by atoms with E-state index < -0.39 is 10.0 Å². The van der Waals surface area contributed by atoms with E-state index in [9.17, 15) is 8.42 Å². The average molecular weight is 289 g/mol. The van der Waals surface area contributed by atoms with Crippen LogP contribution < -0.4 is 4.72 Å². The molecule has 0 bridgehead atoms. The fourth-order valence-electron chi connectivity index (χ4n) is 1.37. The maximum atomic E-state index is 11.9. The largest absolute Gasteiger partial charge is 0.392 e. The number of thioether (sulfide) groups is 1. The molecule has 1 aromatic carbocycles. The monoisotopic (exact) mass is 289 g/mol. The van der Waals surface area contributed by atoms with E-state index in [0.29, 0.717) is 17.4 Å². The van der Waals surface area contributed by atoms with Crippen molar-refractivity contribution in [2.45, 2.75) is 30.1 Å². The number of hydrogen-bond donors (Lipinski definition) is 2. The van der Waals surface area contributed by atoms with Crippen LogP contribution in [-0.2, 0) is 16.6 Å². The molecule has 4 nitrogen and oxygen atoms in total. The van der Waals surface area contributed by atoms with Crippen LogP contribution in [0, 0.1) is 0 Å². The lowest BCUT2D eigenvalue weighted by molar-refractivity contribution is 0.282. The molecule has 0 aliphatic heterocycles. The van der Waals surface area contributed by atoms with Crippen LogP contribution in [0.4, 0.5) is 0 Å². The van der Waals surface area contributed by atoms with Gasteiger partial charge >= 0.3 is 0 Å². The Morgan fingerprint density at radius 1 is 1.33 bits per heavy atom. The summed E-state index contributed by atoms with van der Waals surface area (Å²) in [6.07, 6.45) is 2.81. The molecule has 0 amide bonds. The number of sulfonamides is 1. The summed E-state index contributed by atoms with van der Waals surface area (Å²) in [6, 6.07) is 6.23. The van der Waals surface area contributed by atoms with Crippen molar-refractivity contribution in [3.8, 4) is 0 Å². The summed E-state index contributed by atoms with van der Waals surface area (Å²) in [4.78, 5) is 0.233. The molecule has 1 unspecified atom stereocenters. The standard InChI is InChI=1S/C12H19NO3S2/c1-10(17-2)7-8-13-18(15,16)12-5-3-11(9-14)4-6-12/h3-6,10,13-14H,7-9H2,1-2H3. The minimum Gasteiger partial charge on any atom is -0.392 e. The molecule has 0 fully saturated rings. The maximum Gasteiger partial charge on any atom is 0.240 e. The minimum absolute atomic E-state index is 0.0843. The van der Waals surface area contributed by atoms with Crippen molar-refractivity contribution in [3.05, 3.63) is 29.8 Å². The Kier molecular flexibility index (Phi) is 6.14. The molecule has 1 rings (SSSR count). The Hall–Kier alpha value is -0.560. The average Bonchev–Trinajstić information content (AvgIpc) is 2.38. The third-order valence-corrected chi connectivity index (χ3v) is 5.18. The van der Waals surface area contributed by atoms with Crippen LogP contribution in [0.5, 0.6) is 0 Å². The van der Waals surface area contributed by atoms with Gasteiger partial charge in [0.1, 0.15) is 0 Å². The van der Waals surface area contributed by atoms with Crippen molar-refractivity contribution in [2.75, 3.05) is 12.8 Å². The van der Waals surface area contributed by atoms with Crippen molar-refractivity contribution < 1.29 is 13.5 Å². The van der Waals surface area contributed by atoms with Gasteiger partial charge in [0.05, 0.1) is 11.5 Å². The first-order chi connectivity index (χ1) is 8.49. The van der Waals surface area contributed by atoms with E-state index in [-0.39, 0.29) is 11.5 Å². The lowest BCUT2D eigenvalue weighted by atomic mass is 10.2. The van der Waals surface area contributed by atoms with Crippen molar-refractivity contribution in [2.24, 2.45) is 0 Å². The van der Waals surface area contributed by atoms with E-state index in [0.717, 1.165) is 6.42 Å². The van der Waals surface area contributed by atoms with Gasteiger partial charge in [-0.1, -0.05) is 19.1 Å². The molecule has 0 aliphatic carbocycles. The third-order valence-electron chi connectivity index (χ3n) is 2.66. The topological polar surface area (TPSA) is 66.4 Å². The number of nitrogens with one attached hydrogen (secondary N) is 1. The van der Waals surface area contributed by atoms with Crippen molar-refractivity contribution in [3.63, 3.8) is 0 Å². The second kappa shape index (κ2) is 7.13.